The topological polar surface area (TPSA) is 70.5 Å². The fourth-order valence-electron chi connectivity index (χ4n) is 3.14. The number of benzene rings is 1. The molecule has 0 aliphatic carbocycles. The van der Waals surface area contributed by atoms with Gasteiger partial charge in [0.15, 0.2) is 0 Å². The maximum atomic E-state index is 12.8. The molecular formula is C19H20N2O3. The summed E-state index contributed by atoms with van der Waals surface area (Å²) in [5, 5.41) is 9.36. The first-order valence-electron chi connectivity index (χ1n) is 8.15. The molecule has 0 bridgehead atoms. The van der Waals surface area contributed by atoms with E-state index in [1.165, 1.54) is 4.90 Å². The molecule has 1 aliphatic heterocycles. The number of carbonyl (C=O) groups is 2. The van der Waals surface area contributed by atoms with Crippen LogP contribution in [0, 0.1) is 6.92 Å². The van der Waals surface area contributed by atoms with Crippen molar-refractivity contribution in [1.82, 2.24) is 9.88 Å². The molecule has 1 aliphatic rings. The van der Waals surface area contributed by atoms with E-state index in [0.29, 0.717) is 24.2 Å². The van der Waals surface area contributed by atoms with Gasteiger partial charge in [-0.3, -0.25) is 9.78 Å². The lowest BCUT2D eigenvalue weighted by atomic mass is 10.00. The quantitative estimate of drug-likeness (QED) is 0.941. The zero-order valence-corrected chi connectivity index (χ0v) is 13.6. The zero-order valence-electron chi connectivity index (χ0n) is 13.6. The van der Waals surface area contributed by atoms with Crippen molar-refractivity contribution in [2.75, 3.05) is 6.54 Å². The van der Waals surface area contributed by atoms with Crippen LogP contribution in [0.25, 0.3) is 11.3 Å². The minimum absolute atomic E-state index is 0.244. The molecule has 5 nitrogen and oxygen atoms in total. The summed E-state index contributed by atoms with van der Waals surface area (Å²) in [6.45, 7) is 2.27. The summed E-state index contributed by atoms with van der Waals surface area (Å²) < 4.78 is 0. The van der Waals surface area contributed by atoms with E-state index in [-0.39, 0.29) is 5.91 Å². The van der Waals surface area contributed by atoms with Gasteiger partial charge in [0, 0.05) is 12.1 Å². The van der Waals surface area contributed by atoms with E-state index in [9.17, 15) is 14.7 Å². The molecule has 1 atom stereocenters. The Balaban J connectivity index is 1.89. The molecule has 0 saturated carbocycles. The number of nitrogens with zero attached hydrogens (tertiary/aromatic N) is 2. The van der Waals surface area contributed by atoms with Crippen LogP contribution in [0.2, 0.25) is 0 Å². The predicted molar refractivity (Wildman–Crippen MR) is 90.7 cm³/mol. The first-order valence-corrected chi connectivity index (χ1v) is 8.15. The number of aliphatic carboxylic acids is 1. The largest absolute Gasteiger partial charge is 0.480 e. The molecule has 2 heterocycles. The summed E-state index contributed by atoms with van der Waals surface area (Å²) in [6.07, 6.45) is 2.19. The summed E-state index contributed by atoms with van der Waals surface area (Å²) in [6, 6.07) is 12.6. The predicted octanol–water partition coefficient (Wildman–Crippen LogP) is 3.14. The highest BCUT2D eigenvalue weighted by atomic mass is 16.4. The van der Waals surface area contributed by atoms with Gasteiger partial charge in [-0.05, 0) is 38.3 Å². The molecule has 24 heavy (non-hydrogen) atoms. The SMILES string of the molecule is Cc1nc(-c2ccccc2)ccc1C(=O)N1CCCC[C@H]1C(=O)O. The molecular weight excluding hydrogens is 304 g/mol. The lowest BCUT2D eigenvalue weighted by Crippen LogP contribution is -2.48. The standard InChI is InChI=1S/C19H20N2O3/c1-13-15(10-11-16(20-13)14-7-3-2-4-8-14)18(22)21-12-6-5-9-17(21)19(23)24/h2-4,7-8,10-11,17H,5-6,9,12H2,1H3,(H,23,24)/t17-/m0/s1. The van der Waals surface area contributed by atoms with Crippen molar-refractivity contribution in [1.29, 1.82) is 0 Å². The van der Waals surface area contributed by atoms with Crippen molar-refractivity contribution in [3.63, 3.8) is 0 Å². The number of likely N-dealkylation sites (tertiary alicyclic amines) is 1. The Hall–Kier alpha value is -2.69. The normalized spacial score (nSPS) is 17.5. The maximum Gasteiger partial charge on any atom is 0.326 e. The average molecular weight is 324 g/mol. The van der Waals surface area contributed by atoms with Crippen LogP contribution in [0.1, 0.15) is 35.3 Å². The number of rotatable bonds is 3. The van der Waals surface area contributed by atoms with E-state index in [1.54, 1.807) is 13.0 Å². The van der Waals surface area contributed by atoms with E-state index < -0.39 is 12.0 Å². The molecule has 1 saturated heterocycles. The van der Waals surface area contributed by atoms with E-state index in [1.807, 2.05) is 36.4 Å². The fraction of sp³-hybridized carbons (Fsp3) is 0.316. The Morgan fingerprint density at radius 2 is 1.88 bits per heavy atom. The maximum absolute atomic E-state index is 12.8. The smallest absolute Gasteiger partial charge is 0.326 e. The average Bonchev–Trinajstić information content (AvgIpc) is 2.62. The monoisotopic (exact) mass is 324 g/mol. The third-order valence-electron chi connectivity index (χ3n) is 4.43. The highest BCUT2D eigenvalue weighted by molar-refractivity contribution is 5.97. The number of carboxylic acids is 1. The number of carbonyl (C=O) groups excluding carboxylic acids is 1. The Morgan fingerprint density at radius 1 is 1.12 bits per heavy atom. The Labute approximate surface area is 140 Å². The first kappa shape index (κ1) is 16.2. The second-order valence-corrected chi connectivity index (χ2v) is 6.04. The lowest BCUT2D eigenvalue weighted by Gasteiger charge is -2.33. The lowest BCUT2D eigenvalue weighted by molar-refractivity contribution is -0.143. The van der Waals surface area contributed by atoms with E-state index >= 15 is 0 Å². The van der Waals surface area contributed by atoms with E-state index in [0.717, 1.165) is 24.1 Å². The Bertz CT molecular complexity index is 758. The molecule has 1 amide bonds. The third-order valence-corrected chi connectivity index (χ3v) is 4.43. The molecule has 0 unspecified atom stereocenters. The van der Waals surface area contributed by atoms with Crippen molar-refractivity contribution in [3.05, 3.63) is 53.7 Å². The second kappa shape index (κ2) is 6.83. The van der Waals surface area contributed by atoms with Crippen LogP contribution >= 0.6 is 0 Å². The third kappa shape index (κ3) is 3.15. The van der Waals surface area contributed by atoms with Crippen LogP contribution in [-0.2, 0) is 4.79 Å². The van der Waals surface area contributed by atoms with Gasteiger partial charge in [-0.25, -0.2) is 4.79 Å². The van der Waals surface area contributed by atoms with Gasteiger partial charge in [-0.2, -0.15) is 0 Å². The molecule has 1 aromatic carbocycles. The summed E-state index contributed by atoms with van der Waals surface area (Å²) in [7, 11) is 0. The molecule has 1 aromatic heterocycles. The number of carboxylic acid groups (broad SMARTS) is 1. The highest BCUT2D eigenvalue weighted by Gasteiger charge is 2.33. The van der Waals surface area contributed by atoms with E-state index in [4.69, 9.17) is 0 Å². The Kier molecular flexibility index (Phi) is 4.60. The minimum atomic E-state index is -0.936. The highest BCUT2D eigenvalue weighted by Crippen LogP contribution is 2.23. The van der Waals surface area contributed by atoms with Crippen LogP contribution in [0.5, 0.6) is 0 Å². The fourth-order valence-corrected chi connectivity index (χ4v) is 3.14. The molecule has 1 fully saturated rings. The second-order valence-electron chi connectivity index (χ2n) is 6.04. The molecule has 0 radical (unpaired) electrons. The number of hydrogen-bond acceptors (Lipinski definition) is 3. The van der Waals surface area contributed by atoms with Crippen molar-refractivity contribution < 1.29 is 14.7 Å². The van der Waals surface area contributed by atoms with E-state index in [2.05, 4.69) is 4.98 Å². The van der Waals surface area contributed by atoms with Gasteiger partial charge in [0.05, 0.1) is 17.0 Å². The number of piperidine rings is 1. The molecule has 3 rings (SSSR count). The number of amides is 1. The Morgan fingerprint density at radius 3 is 2.54 bits per heavy atom. The van der Waals surface area contributed by atoms with Gasteiger partial charge < -0.3 is 10.0 Å². The summed E-state index contributed by atoms with van der Waals surface area (Å²) >= 11 is 0. The molecule has 124 valence electrons. The van der Waals surface area contributed by atoms with Crippen molar-refractivity contribution in [3.8, 4) is 11.3 Å². The zero-order chi connectivity index (χ0) is 17.1. The van der Waals surface area contributed by atoms with Crippen LogP contribution in [0.4, 0.5) is 0 Å². The van der Waals surface area contributed by atoms with Crippen LogP contribution in [-0.4, -0.2) is 39.5 Å². The molecule has 1 N–H and O–H groups in total. The summed E-state index contributed by atoms with van der Waals surface area (Å²) in [4.78, 5) is 30.2. The first-order chi connectivity index (χ1) is 11.6. The van der Waals surface area contributed by atoms with Crippen LogP contribution in [0.15, 0.2) is 42.5 Å². The van der Waals surface area contributed by atoms with Crippen molar-refractivity contribution in [2.24, 2.45) is 0 Å². The number of hydrogen-bond donors (Lipinski definition) is 1. The van der Waals surface area contributed by atoms with Crippen LogP contribution < -0.4 is 0 Å². The van der Waals surface area contributed by atoms with Gasteiger partial charge in [-0.1, -0.05) is 30.3 Å². The van der Waals surface area contributed by atoms with Gasteiger partial charge >= 0.3 is 5.97 Å². The van der Waals surface area contributed by atoms with Crippen molar-refractivity contribution in [2.45, 2.75) is 32.2 Å². The van der Waals surface area contributed by atoms with Crippen LogP contribution in [0.3, 0.4) is 0 Å². The molecule has 2 aromatic rings. The summed E-state index contributed by atoms with van der Waals surface area (Å²) in [5.74, 6) is -1.18. The van der Waals surface area contributed by atoms with Gasteiger partial charge in [0.25, 0.3) is 5.91 Å². The van der Waals surface area contributed by atoms with Gasteiger partial charge in [-0.15, -0.1) is 0 Å². The molecule has 0 spiro atoms. The summed E-state index contributed by atoms with van der Waals surface area (Å²) in [5.41, 5.74) is 2.89. The molecule has 5 heteroatoms. The van der Waals surface area contributed by atoms with Crippen molar-refractivity contribution >= 4 is 11.9 Å². The number of pyridine rings is 1. The van der Waals surface area contributed by atoms with Gasteiger partial charge in [0.2, 0.25) is 0 Å². The number of aryl methyl sites for hydroxylation is 1. The minimum Gasteiger partial charge on any atom is -0.480 e. The number of aromatic nitrogens is 1. The van der Waals surface area contributed by atoms with Gasteiger partial charge in [0.1, 0.15) is 6.04 Å².